The van der Waals surface area contributed by atoms with E-state index in [9.17, 15) is 27.9 Å². The Balaban J connectivity index is 1.68. The predicted molar refractivity (Wildman–Crippen MR) is 109 cm³/mol. The highest BCUT2D eigenvalue weighted by molar-refractivity contribution is 6.11. The molecule has 0 fully saturated rings. The fraction of sp³-hybridized carbons (Fsp3) is 0.261. The molecular weight excluding hydrogens is 425 g/mol. The van der Waals surface area contributed by atoms with Crippen LogP contribution < -0.4 is 4.90 Å². The van der Waals surface area contributed by atoms with E-state index in [4.69, 9.17) is 4.52 Å². The molecule has 3 aromatic rings. The van der Waals surface area contributed by atoms with Gasteiger partial charge in [-0.2, -0.15) is 13.2 Å². The number of carboxylic acid groups (broad SMARTS) is 1. The number of aromatic nitrogens is 1. The topological polar surface area (TPSA) is 83.6 Å². The van der Waals surface area contributed by atoms with E-state index in [-0.39, 0.29) is 23.6 Å². The second-order valence-corrected chi connectivity index (χ2v) is 7.89. The van der Waals surface area contributed by atoms with Gasteiger partial charge in [0.05, 0.1) is 23.4 Å². The van der Waals surface area contributed by atoms with E-state index in [2.05, 4.69) is 5.16 Å². The van der Waals surface area contributed by atoms with Crippen LogP contribution in [0.4, 0.5) is 18.9 Å². The Hall–Kier alpha value is -3.62. The number of amides is 1. The van der Waals surface area contributed by atoms with Crippen LogP contribution in [-0.4, -0.2) is 22.1 Å². The summed E-state index contributed by atoms with van der Waals surface area (Å²) in [5, 5.41) is 13.2. The van der Waals surface area contributed by atoms with E-state index in [0.29, 0.717) is 18.2 Å². The van der Waals surface area contributed by atoms with Crippen LogP contribution in [0.1, 0.15) is 61.5 Å². The van der Waals surface area contributed by atoms with Crippen molar-refractivity contribution in [1.29, 1.82) is 0 Å². The number of carboxylic acids is 1. The zero-order chi connectivity index (χ0) is 23.2. The first-order chi connectivity index (χ1) is 15.1. The second-order valence-electron chi connectivity index (χ2n) is 7.89. The summed E-state index contributed by atoms with van der Waals surface area (Å²) in [6.07, 6.45) is -2.62. The summed E-state index contributed by atoms with van der Waals surface area (Å²) in [5.74, 6) is -2.17. The number of benzene rings is 2. The summed E-state index contributed by atoms with van der Waals surface area (Å²) < 4.78 is 45.7. The maximum atomic E-state index is 13.6. The smallest absolute Gasteiger partial charge is 0.416 e. The van der Waals surface area contributed by atoms with Gasteiger partial charge in [-0.15, -0.1) is 0 Å². The highest BCUT2D eigenvalue weighted by atomic mass is 19.4. The van der Waals surface area contributed by atoms with Gasteiger partial charge in [0.1, 0.15) is 6.26 Å². The van der Waals surface area contributed by atoms with E-state index in [1.807, 2.05) is 19.9 Å². The van der Waals surface area contributed by atoms with E-state index in [1.54, 1.807) is 24.5 Å². The van der Waals surface area contributed by atoms with Crippen molar-refractivity contribution in [2.24, 2.45) is 0 Å². The average molecular weight is 444 g/mol. The van der Waals surface area contributed by atoms with Crippen LogP contribution in [0.15, 0.2) is 47.2 Å². The molecule has 0 saturated heterocycles. The van der Waals surface area contributed by atoms with Crippen LogP contribution in [0, 0.1) is 6.92 Å². The van der Waals surface area contributed by atoms with Gasteiger partial charge in [-0.1, -0.05) is 24.2 Å². The standard InChI is InChI=1S/C23H19F3N2O4/c1-12(6-20-13(2)11-32-27-20)14-4-3-5-16(7-14)28-10-18-17(21(28)29)8-15(22(30)31)9-19(18)23(24,25)26/h3-5,7-9,11-12H,6,10H2,1-2H3,(H,30,31)/t12-/m1/s1. The SMILES string of the molecule is Cc1conc1C[C@@H](C)c1cccc(N2Cc3c(cc(C(=O)O)cc3C(F)(F)F)C2=O)c1. The van der Waals surface area contributed by atoms with Gasteiger partial charge >= 0.3 is 12.1 Å². The van der Waals surface area contributed by atoms with Crippen LogP contribution in [0.3, 0.4) is 0 Å². The number of carbonyl (C=O) groups is 2. The molecule has 2 aromatic carbocycles. The van der Waals surface area contributed by atoms with Gasteiger partial charge in [0.15, 0.2) is 0 Å². The third-order valence-electron chi connectivity index (χ3n) is 5.69. The number of fused-ring (bicyclic) bond motifs is 1. The lowest BCUT2D eigenvalue weighted by atomic mass is 9.94. The number of carbonyl (C=O) groups excluding carboxylic acids is 1. The van der Waals surface area contributed by atoms with Crippen LogP contribution in [0.25, 0.3) is 0 Å². The molecule has 0 unspecified atom stereocenters. The molecule has 1 atom stereocenters. The number of halogens is 3. The van der Waals surface area contributed by atoms with Crippen LogP contribution >= 0.6 is 0 Å². The van der Waals surface area contributed by atoms with Gasteiger partial charge in [-0.25, -0.2) is 4.79 Å². The van der Waals surface area contributed by atoms with Crippen molar-refractivity contribution in [3.05, 3.63) is 81.7 Å². The fourth-order valence-corrected chi connectivity index (χ4v) is 3.91. The second kappa shape index (κ2) is 7.81. The molecule has 1 amide bonds. The van der Waals surface area contributed by atoms with Gasteiger partial charge in [-0.3, -0.25) is 4.79 Å². The normalized spacial score (nSPS) is 14.5. The van der Waals surface area contributed by atoms with E-state index >= 15 is 0 Å². The minimum Gasteiger partial charge on any atom is -0.478 e. The molecule has 0 aliphatic carbocycles. The zero-order valence-electron chi connectivity index (χ0n) is 17.2. The Labute approximate surface area is 181 Å². The van der Waals surface area contributed by atoms with Crippen molar-refractivity contribution in [2.75, 3.05) is 4.90 Å². The Morgan fingerprint density at radius 1 is 1.28 bits per heavy atom. The summed E-state index contributed by atoms with van der Waals surface area (Å²) in [6.45, 7) is 3.58. The first-order valence-corrected chi connectivity index (χ1v) is 9.85. The molecule has 32 heavy (non-hydrogen) atoms. The third kappa shape index (κ3) is 3.86. The van der Waals surface area contributed by atoms with Gasteiger partial charge in [0.25, 0.3) is 5.91 Å². The number of nitrogens with zero attached hydrogens (tertiary/aromatic N) is 2. The van der Waals surface area contributed by atoms with E-state index in [1.165, 1.54) is 4.90 Å². The van der Waals surface area contributed by atoms with Crippen molar-refractivity contribution in [1.82, 2.24) is 5.16 Å². The lowest BCUT2D eigenvalue weighted by Crippen LogP contribution is -2.23. The molecule has 0 bridgehead atoms. The number of alkyl halides is 3. The lowest BCUT2D eigenvalue weighted by molar-refractivity contribution is -0.138. The fourth-order valence-electron chi connectivity index (χ4n) is 3.91. The Morgan fingerprint density at radius 3 is 2.66 bits per heavy atom. The first-order valence-electron chi connectivity index (χ1n) is 9.85. The number of aryl methyl sites for hydroxylation is 1. The summed E-state index contributed by atoms with van der Waals surface area (Å²) in [4.78, 5) is 25.5. The summed E-state index contributed by atoms with van der Waals surface area (Å²) in [5.41, 5.74) is 0.924. The molecular formula is C23H19F3N2O4. The number of hydrogen-bond acceptors (Lipinski definition) is 4. The molecule has 4 rings (SSSR count). The molecule has 9 heteroatoms. The van der Waals surface area contributed by atoms with Gasteiger partial charge < -0.3 is 14.5 Å². The molecule has 0 saturated carbocycles. The molecule has 6 nitrogen and oxygen atoms in total. The van der Waals surface area contributed by atoms with Crippen LogP contribution in [-0.2, 0) is 19.1 Å². The summed E-state index contributed by atoms with van der Waals surface area (Å²) in [6, 6.07) is 8.61. The van der Waals surface area contributed by atoms with Gasteiger partial charge in [0.2, 0.25) is 0 Å². The maximum absolute atomic E-state index is 13.6. The molecule has 0 radical (unpaired) electrons. The minimum atomic E-state index is -4.78. The van der Waals surface area contributed by atoms with Crippen molar-refractivity contribution in [3.63, 3.8) is 0 Å². The summed E-state index contributed by atoms with van der Waals surface area (Å²) >= 11 is 0. The summed E-state index contributed by atoms with van der Waals surface area (Å²) in [7, 11) is 0. The highest BCUT2D eigenvalue weighted by Gasteiger charge is 2.41. The number of hydrogen-bond donors (Lipinski definition) is 1. The molecule has 0 spiro atoms. The largest absolute Gasteiger partial charge is 0.478 e. The highest BCUT2D eigenvalue weighted by Crippen LogP contribution is 2.40. The molecule has 1 aliphatic heterocycles. The van der Waals surface area contributed by atoms with Gasteiger partial charge in [0, 0.05) is 16.8 Å². The van der Waals surface area contributed by atoms with Crippen molar-refractivity contribution in [3.8, 4) is 0 Å². The molecule has 1 aromatic heterocycles. The molecule has 2 heterocycles. The monoisotopic (exact) mass is 444 g/mol. The zero-order valence-corrected chi connectivity index (χ0v) is 17.2. The first kappa shape index (κ1) is 21.6. The average Bonchev–Trinajstić information content (AvgIpc) is 3.29. The van der Waals surface area contributed by atoms with Crippen LogP contribution in [0.5, 0.6) is 0 Å². The van der Waals surface area contributed by atoms with Gasteiger partial charge in [-0.05, 0) is 54.7 Å². The Morgan fingerprint density at radius 2 is 2.03 bits per heavy atom. The predicted octanol–water partition coefficient (Wildman–Crippen LogP) is 5.21. The maximum Gasteiger partial charge on any atom is 0.416 e. The number of rotatable bonds is 5. The lowest BCUT2D eigenvalue weighted by Gasteiger charge is -2.19. The van der Waals surface area contributed by atoms with Crippen molar-refractivity contribution < 1.29 is 32.4 Å². The molecule has 1 aliphatic rings. The van der Waals surface area contributed by atoms with E-state index < -0.39 is 29.2 Å². The molecule has 1 N–H and O–H groups in total. The number of anilines is 1. The minimum absolute atomic E-state index is 0.0168. The third-order valence-corrected chi connectivity index (χ3v) is 5.69. The van der Waals surface area contributed by atoms with E-state index in [0.717, 1.165) is 22.9 Å². The van der Waals surface area contributed by atoms with Crippen LogP contribution in [0.2, 0.25) is 0 Å². The quantitative estimate of drug-likeness (QED) is 0.584. The van der Waals surface area contributed by atoms with Crippen molar-refractivity contribution in [2.45, 2.75) is 38.9 Å². The van der Waals surface area contributed by atoms with Crippen molar-refractivity contribution >= 4 is 17.6 Å². The number of aromatic carboxylic acids is 1. The Kier molecular flexibility index (Phi) is 5.28. The molecule has 166 valence electrons. The Bertz CT molecular complexity index is 1220.